The van der Waals surface area contributed by atoms with Gasteiger partial charge >= 0.3 is 0 Å². The summed E-state index contributed by atoms with van der Waals surface area (Å²) in [4.78, 5) is 20.5. The average molecular weight is 370 g/mol. The molecule has 26 heavy (non-hydrogen) atoms. The van der Waals surface area contributed by atoms with Crippen LogP contribution >= 0.6 is 12.4 Å². The van der Waals surface area contributed by atoms with Crippen molar-refractivity contribution in [2.45, 2.75) is 19.6 Å². The topological polar surface area (TPSA) is 78.1 Å². The minimum atomic E-state index is 0. The lowest BCUT2D eigenvalue weighted by molar-refractivity contribution is 0.0993. The van der Waals surface area contributed by atoms with E-state index in [1.54, 1.807) is 6.07 Å². The number of nitrogens with zero attached hydrogens (tertiary/aromatic N) is 2. The molecule has 134 valence electrons. The Balaban J connectivity index is 0.00000243. The fraction of sp³-hybridized carbons (Fsp3) is 0.150. The zero-order valence-electron chi connectivity index (χ0n) is 14.2. The normalized spacial score (nSPS) is 10.0. The van der Waals surface area contributed by atoms with Gasteiger partial charge in [0.25, 0.3) is 0 Å². The Labute approximate surface area is 158 Å². The van der Waals surface area contributed by atoms with Crippen LogP contribution in [-0.4, -0.2) is 15.8 Å². The van der Waals surface area contributed by atoms with Crippen molar-refractivity contribution in [1.82, 2.24) is 9.97 Å². The van der Waals surface area contributed by atoms with E-state index in [0.717, 1.165) is 16.8 Å². The van der Waals surface area contributed by atoms with Crippen LogP contribution in [0.15, 0.2) is 67.0 Å². The quantitative estimate of drug-likeness (QED) is 0.646. The number of aromatic nitrogens is 2. The van der Waals surface area contributed by atoms with E-state index >= 15 is 0 Å². The zero-order chi connectivity index (χ0) is 17.5. The van der Waals surface area contributed by atoms with Crippen LogP contribution in [-0.2, 0) is 19.6 Å². The van der Waals surface area contributed by atoms with E-state index in [1.807, 2.05) is 54.6 Å². The molecule has 6 heteroatoms. The highest BCUT2D eigenvalue weighted by atomic mass is 35.5. The largest absolute Gasteiger partial charge is 0.473 e. The Morgan fingerprint density at radius 2 is 1.73 bits per heavy atom. The summed E-state index contributed by atoms with van der Waals surface area (Å²) in [6.07, 6.45) is 1.81. The first kappa shape index (κ1) is 19.6. The predicted molar refractivity (Wildman–Crippen MR) is 102 cm³/mol. The third-order valence-corrected chi connectivity index (χ3v) is 3.75. The third kappa shape index (κ3) is 5.37. The molecule has 1 heterocycles. The molecule has 0 aliphatic rings. The molecule has 2 N–H and O–H groups in total. The molecular weight excluding hydrogens is 350 g/mol. The highest BCUT2D eigenvalue weighted by molar-refractivity contribution is 5.97. The molecule has 0 radical (unpaired) electrons. The number of halogens is 1. The Kier molecular flexibility index (Phi) is 7.26. The number of ether oxygens (including phenoxy) is 1. The molecule has 0 aliphatic carbocycles. The van der Waals surface area contributed by atoms with Crippen molar-refractivity contribution < 1.29 is 9.53 Å². The molecule has 3 rings (SSSR count). The highest BCUT2D eigenvalue weighted by Gasteiger charge is 2.08. The van der Waals surface area contributed by atoms with Gasteiger partial charge in [0.1, 0.15) is 12.9 Å². The van der Waals surface area contributed by atoms with E-state index in [9.17, 15) is 4.79 Å². The minimum Gasteiger partial charge on any atom is -0.473 e. The van der Waals surface area contributed by atoms with Gasteiger partial charge in [0.2, 0.25) is 5.88 Å². The third-order valence-electron chi connectivity index (χ3n) is 3.75. The van der Waals surface area contributed by atoms with Gasteiger partial charge in [0, 0.05) is 24.6 Å². The van der Waals surface area contributed by atoms with Gasteiger partial charge in [0.05, 0.1) is 5.69 Å². The number of ketones is 1. The SMILES string of the molecule is Cl.NCc1cc(OCc2cccc(C(=O)Cc3ccccc3)c2)ncn1. The molecule has 2 aromatic carbocycles. The van der Waals surface area contributed by atoms with Crippen LogP contribution in [0.25, 0.3) is 0 Å². The van der Waals surface area contributed by atoms with E-state index in [1.165, 1.54) is 6.33 Å². The first-order valence-corrected chi connectivity index (χ1v) is 8.04. The average Bonchev–Trinajstić information content (AvgIpc) is 2.67. The van der Waals surface area contributed by atoms with Crippen molar-refractivity contribution in [3.63, 3.8) is 0 Å². The molecule has 0 atom stereocenters. The van der Waals surface area contributed by atoms with E-state index in [0.29, 0.717) is 31.0 Å². The van der Waals surface area contributed by atoms with Gasteiger partial charge in [0.15, 0.2) is 5.78 Å². The Bertz CT molecular complexity index is 856. The maximum absolute atomic E-state index is 12.4. The molecule has 0 amide bonds. The maximum Gasteiger partial charge on any atom is 0.216 e. The van der Waals surface area contributed by atoms with Gasteiger partial charge < -0.3 is 10.5 Å². The van der Waals surface area contributed by atoms with E-state index in [4.69, 9.17) is 10.5 Å². The molecule has 0 fully saturated rings. The van der Waals surface area contributed by atoms with Gasteiger partial charge in [-0.1, -0.05) is 48.5 Å². The monoisotopic (exact) mass is 369 g/mol. The van der Waals surface area contributed by atoms with E-state index in [-0.39, 0.29) is 18.2 Å². The van der Waals surface area contributed by atoms with Gasteiger partial charge in [-0.3, -0.25) is 4.79 Å². The number of Topliss-reactive ketones (excluding diaryl/α,β-unsaturated/α-hetero) is 1. The van der Waals surface area contributed by atoms with Crippen molar-refractivity contribution in [1.29, 1.82) is 0 Å². The molecular formula is C20H20ClN3O2. The van der Waals surface area contributed by atoms with Crippen molar-refractivity contribution in [2.24, 2.45) is 5.73 Å². The summed E-state index contributed by atoms with van der Waals surface area (Å²) in [6.45, 7) is 0.663. The second-order valence-electron chi connectivity index (χ2n) is 5.63. The van der Waals surface area contributed by atoms with Crippen molar-refractivity contribution in [3.8, 4) is 5.88 Å². The summed E-state index contributed by atoms with van der Waals surface area (Å²) < 4.78 is 5.67. The lowest BCUT2D eigenvalue weighted by Gasteiger charge is -2.08. The second-order valence-corrected chi connectivity index (χ2v) is 5.63. The number of hydrogen-bond acceptors (Lipinski definition) is 5. The fourth-order valence-electron chi connectivity index (χ4n) is 2.44. The molecule has 1 aromatic heterocycles. The fourth-order valence-corrected chi connectivity index (χ4v) is 2.44. The molecule has 0 unspecified atom stereocenters. The zero-order valence-corrected chi connectivity index (χ0v) is 15.0. The molecule has 3 aromatic rings. The van der Waals surface area contributed by atoms with Crippen LogP contribution < -0.4 is 10.5 Å². The molecule has 0 saturated heterocycles. The van der Waals surface area contributed by atoms with Crippen LogP contribution in [0, 0.1) is 0 Å². The van der Waals surface area contributed by atoms with Crippen LogP contribution in [0.2, 0.25) is 0 Å². The Hall–Kier alpha value is -2.76. The molecule has 0 aliphatic heterocycles. The van der Waals surface area contributed by atoms with Gasteiger partial charge in [-0.2, -0.15) is 0 Å². The summed E-state index contributed by atoms with van der Waals surface area (Å²) in [6, 6.07) is 18.9. The van der Waals surface area contributed by atoms with E-state index in [2.05, 4.69) is 9.97 Å². The van der Waals surface area contributed by atoms with Crippen molar-refractivity contribution in [2.75, 3.05) is 0 Å². The smallest absolute Gasteiger partial charge is 0.216 e. The van der Waals surface area contributed by atoms with Gasteiger partial charge in [-0.15, -0.1) is 12.4 Å². The first-order valence-electron chi connectivity index (χ1n) is 8.04. The lowest BCUT2D eigenvalue weighted by Crippen LogP contribution is -2.06. The van der Waals surface area contributed by atoms with Gasteiger partial charge in [-0.05, 0) is 17.2 Å². The molecule has 0 bridgehead atoms. The summed E-state index contributed by atoms with van der Waals surface area (Å²) in [7, 11) is 0. The van der Waals surface area contributed by atoms with Crippen molar-refractivity contribution in [3.05, 3.63) is 89.4 Å². The molecule has 0 saturated carbocycles. The summed E-state index contributed by atoms with van der Waals surface area (Å²) >= 11 is 0. The maximum atomic E-state index is 12.4. The molecule has 0 spiro atoms. The second kappa shape index (κ2) is 9.65. The minimum absolute atomic E-state index is 0. The lowest BCUT2D eigenvalue weighted by atomic mass is 10.0. The number of carbonyl (C=O) groups excluding carboxylic acids is 1. The number of rotatable bonds is 7. The number of benzene rings is 2. The first-order chi connectivity index (χ1) is 12.2. The number of carbonyl (C=O) groups is 1. The molecule has 5 nitrogen and oxygen atoms in total. The Morgan fingerprint density at radius 3 is 2.50 bits per heavy atom. The van der Waals surface area contributed by atoms with Crippen LogP contribution in [0.4, 0.5) is 0 Å². The summed E-state index contributed by atoms with van der Waals surface area (Å²) in [5, 5.41) is 0. The van der Waals surface area contributed by atoms with Crippen LogP contribution in [0.1, 0.15) is 27.2 Å². The number of hydrogen-bond donors (Lipinski definition) is 1. The summed E-state index contributed by atoms with van der Waals surface area (Å²) in [5.41, 5.74) is 8.87. The van der Waals surface area contributed by atoms with Crippen molar-refractivity contribution >= 4 is 18.2 Å². The highest BCUT2D eigenvalue weighted by Crippen LogP contribution is 2.13. The van der Waals surface area contributed by atoms with E-state index < -0.39 is 0 Å². The van der Waals surface area contributed by atoms with Crippen LogP contribution in [0.5, 0.6) is 5.88 Å². The Morgan fingerprint density at radius 1 is 0.962 bits per heavy atom. The van der Waals surface area contributed by atoms with Gasteiger partial charge in [-0.25, -0.2) is 9.97 Å². The standard InChI is InChI=1S/C20H19N3O2.ClH/c21-12-18-11-20(23-14-22-18)25-13-16-7-4-8-17(9-16)19(24)10-15-5-2-1-3-6-15;/h1-9,11,14H,10,12-13,21H2;1H. The number of nitrogens with two attached hydrogens (primary N) is 1. The summed E-state index contributed by atoms with van der Waals surface area (Å²) in [5.74, 6) is 0.553. The van der Waals surface area contributed by atoms with Crippen LogP contribution in [0.3, 0.4) is 0 Å². The predicted octanol–water partition coefficient (Wildman–Crippen LogP) is 3.36.